The summed E-state index contributed by atoms with van der Waals surface area (Å²) in [4.78, 5) is 3.70. The second-order valence-corrected chi connectivity index (χ2v) is 4.22. The predicted octanol–water partition coefficient (Wildman–Crippen LogP) is 1.90. The van der Waals surface area contributed by atoms with Crippen LogP contribution in [0.15, 0.2) is 41.6 Å². The molecule has 6 heteroatoms. The zero-order valence-electron chi connectivity index (χ0n) is 7.49. The molecule has 4 nitrogen and oxygen atoms in total. The van der Waals surface area contributed by atoms with Crippen molar-refractivity contribution < 1.29 is 13.0 Å². The maximum atomic E-state index is 11.0. The Hall–Kier alpha value is -1.17. The van der Waals surface area contributed by atoms with Crippen molar-refractivity contribution in [3.05, 3.63) is 36.7 Å². The third-order valence-corrected chi connectivity index (χ3v) is 2.83. The Bertz CT molecular complexity index is 577. The van der Waals surface area contributed by atoms with Gasteiger partial charge in [-0.2, -0.15) is 8.42 Å². The smallest absolute Gasteiger partial charge is 0.282 e. The van der Waals surface area contributed by atoms with Gasteiger partial charge in [0, 0.05) is 17.8 Å². The van der Waals surface area contributed by atoms with Crippen molar-refractivity contribution in [3.8, 4) is 0 Å². The fourth-order valence-electron chi connectivity index (χ4n) is 1.31. The molecule has 0 aliphatic carbocycles. The summed E-state index contributed by atoms with van der Waals surface area (Å²) >= 11 is 0. The van der Waals surface area contributed by atoms with Crippen LogP contribution < -0.4 is 0 Å². The minimum atomic E-state index is -4.17. The van der Waals surface area contributed by atoms with Crippen molar-refractivity contribution in [1.29, 1.82) is 0 Å². The molecule has 0 aliphatic heterocycles. The molecule has 0 saturated heterocycles. The minimum absolute atomic E-state index is 0. The highest BCUT2D eigenvalue weighted by molar-refractivity contribution is 7.86. The predicted molar refractivity (Wildman–Crippen MR) is 58.8 cm³/mol. The van der Waals surface area contributed by atoms with Crippen LogP contribution in [0.2, 0.25) is 0 Å². The average molecular weight is 246 g/mol. The number of hydrogen-bond acceptors (Lipinski definition) is 3. The monoisotopic (exact) mass is 245 g/mol. The van der Waals surface area contributed by atoms with Crippen molar-refractivity contribution in [3.63, 3.8) is 0 Å². The van der Waals surface area contributed by atoms with Gasteiger partial charge in [-0.1, -0.05) is 12.1 Å². The number of halogens is 1. The first kappa shape index (κ1) is 11.9. The number of benzene rings is 1. The first-order valence-corrected chi connectivity index (χ1v) is 5.33. The summed E-state index contributed by atoms with van der Waals surface area (Å²) < 4.78 is 30.9. The third-order valence-electron chi connectivity index (χ3n) is 1.92. The van der Waals surface area contributed by atoms with Gasteiger partial charge in [0.2, 0.25) is 0 Å². The van der Waals surface area contributed by atoms with E-state index in [1.54, 1.807) is 24.4 Å². The molecule has 0 aliphatic rings. The second-order valence-electron chi connectivity index (χ2n) is 2.83. The summed E-state index contributed by atoms with van der Waals surface area (Å²) in [5, 5.41) is 1.16. The quantitative estimate of drug-likeness (QED) is 0.780. The van der Waals surface area contributed by atoms with Gasteiger partial charge in [0.1, 0.15) is 4.90 Å². The van der Waals surface area contributed by atoms with Crippen molar-refractivity contribution in [2.45, 2.75) is 4.90 Å². The third kappa shape index (κ3) is 2.26. The van der Waals surface area contributed by atoms with Crippen molar-refractivity contribution in [1.82, 2.24) is 4.98 Å². The zero-order chi connectivity index (χ0) is 10.2. The van der Waals surface area contributed by atoms with E-state index in [1.807, 2.05) is 0 Å². The van der Waals surface area contributed by atoms with Crippen molar-refractivity contribution in [2.24, 2.45) is 0 Å². The maximum absolute atomic E-state index is 11.0. The van der Waals surface area contributed by atoms with Crippen molar-refractivity contribution in [2.75, 3.05) is 0 Å². The Balaban J connectivity index is 0.00000112. The van der Waals surface area contributed by atoms with Crippen LogP contribution in [0, 0.1) is 0 Å². The van der Waals surface area contributed by atoms with Crippen LogP contribution in [0.3, 0.4) is 0 Å². The molecule has 15 heavy (non-hydrogen) atoms. The zero-order valence-corrected chi connectivity index (χ0v) is 9.12. The molecule has 1 aromatic heterocycles. The largest absolute Gasteiger partial charge is 0.295 e. The lowest BCUT2D eigenvalue weighted by atomic mass is 10.2. The van der Waals surface area contributed by atoms with Crippen molar-refractivity contribution >= 4 is 33.3 Å². The van der Waals surface area contributed by atoms with E-state index < -0.39 is 10.1 Å². The van der Waals surface area contributed by atoms with Gasteiger partial charge in [-0.25, -0.2) is 0 Å². The summed E-state index contributed by atoms with van der Waals surface area (Å²) in [5.74, 6) is 0. The molecular weight excluding hydrogens is 238 g/mol. The molecule has 2 rings (SSSR count). The van der Waals surface area contributed by atoms with Gasteiger partial charge in [0.15, 0.2) is 0 Å². The lowest BCUT2D eigenvalue weighted by Crippen LogP contribution is -1.98. The van der Waals surface area contributed by atoms with Gasteiger partial charge >= 0.3 is 0 Å². The first-order valence-electron chi connectivity index (χ1n) is 3.89. The molecule has 0 bridgehead atoms. The van der Waals surface area contributed by atoms with Crippen LogP contribution in [0.4, 0.5) is 0 Å². The van der Waals surface area contributed by atoms with E-state index in [2.05, 4.69) is 4.98 Å². The molecule has 0 fully saturated rings. The lowest BCUT2D eigenvalue weighted by Gasteiger charge is -2.01. The highest BCUT2D eigenvalue weighted by atomic mass is 35.5. The Morgan fingerprint density at radius 1 is 1.20 bits per heavy atom. The Kier molecular flexibility index (Phi) is 3.28. The average Bonchev–Trinajstić information content (AvgIpc) is 2.15. The molecule has 0 saturated carbocycles. The lowest BCUT2D eigenvalue weighted by molar-refractivity contribution is 0.484. The highest BCUT2D eigenvalue weighted by Crippen LogP contribution is 2.21. The van der Waals surface area contributed by atoms with E-state index in [9.17, 15) is 8.42 Å². The Morgan fingerprint density at radius 3 is 2.60 bits per heavy atom. The van der Waals surface area contributed by atoms with E-state index in [-0.39, 0.29) is 17.3 Å². The van der Waals surface area contributed by atoms with E-state index in [0.29, 0.717) is 5.39 Å². The van der Waals surface area contributed by atoms with Crippen LogP contribution in [-0.4, -0.2) is 18.0 Å². The molecule has 0 radical (unpaired) electrons. The van der Waals surface area contributed by atoms with Crippen LogP contribution in [0.1, 0.15) is 0 Å². The molecule has 1 N–H and O–H groups in total. The second kappa shape index (κ2) is 4.14. The molecular formula is C9H8ClNO3S. The number of pyridine rings is 1. The number of fused-ring (bicyclic) bond motifs is 1. The first-order chi connectivity index (χ1) is 6.59. The van der Waals surface area contributed by atoms with Gasteiger partial charge < -0.3 is 0 Å². The van der Waals surface area contributed by atoms with Gasteiger partial charge in [-0.15, -0.1) is 12.4 Å². The number of hydrogen-bond donors (Lipinski definition) is 1. The van der Waals surface area contributed by atoms with Gasteiger partial charge in [-0.05, 0) is 17.5 Å². The van der Waals surface area contributed by atoms with Crippen LogP contribution in [-0.2, 0) is 10.1 Å². The highest BCUT2D eigenvalue weighted by Gasteiger charge is 2.12. The number of rotatable bonds is 1. The van der Waals surface area contributed by atoms with Crippen LogP contribution >= 0.6 is 12.4 Å². The SMILES string of the molecule is Cl.O=S(=O)(O)c1cccc2ccncc12. The fraction of sp³-hybridized carbons (Fsp3) is 0. The van der Waals surface area contributed by atoms with Gasteiger partial charge in [0.05, 0.1) is 0 Å². The molecule has 0 atom stereocenters. The topological polar surface area (TPSA) is 67.3 Å². The summed E-state index contributed by atoms with van der Waals surface area (Å²) in [6.45, 7) is 0. The molecule has 1 heterocycles. The Labute approximate surface area is 93.1 Å². The molecule has 2 aromatic rings. The summed E-state index contributed by atoms with van der Waals surface area (Å²) in [6.07, 6.45) is 2.98. The van der Waals surface area contributed by atoms with Gasteiger partial charge in [0.25, 0.3) is 10.1 Å². The Morgan fingerprint density at radius 2 is 1.93 bits per heavy atom. The summed E-state index contributed by atoms with van der Waals surface area (Å²) in [6, 6.07) is 6.36. The minimum Gasteiger partial charge on any atom is -0.282 e. The fourth-order valence-corrected chi connectivity index (χ4v) is 2.01. The standard InChI is InChI=1S/C9H7NO3S.ClH/c11-14(12,13)9-3-1-2-7-4-5-10-6-8(7)9;/h1-6H,(H,11,12,13);1H. The molecule has 80 valence electrons. The molecule has 0 spiro atoms. The normalized spacial score (nSPS) is 11.0. The summed E-state index contributed by atoms with van der Waals surface area (Å²) in [7, 11) is -4.17. The van der Waals surface area contributed by atoms with E-state index in [0.717, 1.165) is 5.39 Å². The molecule has 1 aromatic carbocycles. The maximum Gasteiger partial charge on any atom is 0.295 e. The molecule has 0 unspecified atom stereocenters. The van der Waals surface area contributed by atoms with E-state index in [4.69, 9.17) is 4.55 Å². The van der Waals surface area contributed by atoms with E-state index >= 15 is 0 Å². The number of aromatic nitrogens is 1. The van der Waals surface area contributed by atoms with Crippen LogP contribution in [0.5, 0.6) is 0 Å². The molecule has 0 amide bonds. The van der Waals surface area contributed by atoms with Gasteiger partial charge in [-0.3, -0.25) is 9.54 Å². The summed E-state index contributed by atoms with van der Waals surface area (Å²) in [5.41, 5.74) is 0. The number of nitrogens with zero attached hydrogens (tertiary/aromatic N) is 1. The van der Waals surface area contributed by atoms with Crippen LogP contribution in [0.25, 0.3) is 10.8 Å². The van der Waals surface area contributed by atoms with E-state index in [1.165, 1.54) is 12.3 Å².